The number of benzene rings is 3. The van der Waals surface area contributed by atoms with Crippen molar-refractivity contribution in [2.45, 2.75) is 20.5 Å². The van der Waals surface area contributed by atoms with E-state index in [1.165, 1.54) is 5.56 Å². The molecule has 3 rings (SSSR count). The molecule has 0 aromatic heterocycles. The number of hydrogen-bond donors (Lipinski definition) is 0. The van der Waals surface area contributed by atoms with Gasteiger partial charge in [0.25, 0.3) is 0 Å². The van der Waals surface area contributed by atoms with Crippen molar-refractivity contribution in [1.82, 2.24) is 0 Å². The van der Waals surface area contributed by atoms with Crippen molar-refractivity contribution in [2.24, 2.45) is 4.99 Å². The van der Waals surface area contributed by atoms with Crippen molar-refractivity contribution in [3.63, 3.8) is 0 Å². The average molecular weight is 375 g/mol. The zero-order chi connectivity index (χ0) is 19.9. The van der Waals surface area contributed by atoms with Crippen LogP contribution in [-0.4, -0.2) is 20.4 Å². The van der Waals surface area contributed by atoms with Crippen LogP contribution >= 0.6 is 0 Å². The first-order chi connectivity index (χ1) is 13.6. The summed E-state index contributed by atoms with van der Waals surface area (Å²) >= 11 is 0. The normalized spacial score (nSPS) is 10.9. The molecule has 28 heavy (non-hydrogen) atoms. The lowest BCUT2D eigenvalue weighted by atomic mass is 10.1. The Balaban J connectivity index is 1.77. The molecule has 3 aromatic rings. The van der Waals surface area contributed by atoms with Gasteiger partial charge in [-0.2, -0.15) is 0 Å². The minimum atomic E-state index is 0.428. The predicted molar refractivity (Wildman–Crippen MR) is 113 cm³/mol. The van der Waals surface area contributed by atoms with Crippen LogP contribution in [0.25, 0.3) is 0 Å². The summed E-state index contributed by atoms with van der Waals surface area (Å²) < 4.78 is 16.7. The average Bonchev–Trinajstić information content (AvgIpc) is 2.73. The Bertz CT molecular complexity index is 962. The Morgan fingerprint density at radius 1 is 0.857 bits per heavy atom. The molecule has 0 aliphatic carbocycles. The van der Waals surface area contributed by atoms with Gasteiger partial charge in [-0.3, -0.25) is 4.99 Å². The van der Waals surface area contributed by atoms with Crippen LogP contribution in [0.4, 0.5) is 5.69 Å². The van der Waals surface area contributed by atoms with Gasteiger partial charge in [0.2, 0.25) is 0 Å². The topological polar surface area (TPSA) is 40.0 Å². The van der Waals surface area contributed by atoms with Crippen molar-refractivity contribution >= 4 is 11.9 Å². The van der Waals surface area contributed by atoms with Gasteiger partial charge in [0.05, 0.1) is 19.9 Å². The fourth-order valence-corrected chi connectivity index (χ4v) is 2.85. The summed E-state index contributed by atoms with van der Waals surface area (Å²) in [5, 5.41) is 0. The molecule has 0 heterocycles. The third kappa shape index (κ3) is 4.71. The van der Waals surface area contributed by atoms with Gasteiger partial charge in [0, 0.05) is 11.8 Å². The molecule has 0 aliphatic rings. The van der Waals surface area contributed by atoms with Crippen molar-refractivity contribution in [3.8, 4) is 17.2 Å². The lowest BCUT2D eigenvalue weighted by Crippen LogP contribution is -2.01. The van der Waals surface area contributed by atoms with Crippen LogP contribution in [0.2, 0.25) is 0 Å². The van der Waals surface area contributed by atoms with Crippen LogP contribution in [0, 0.1) is 13.8 Å². The smallest absolute Gasteiger partial charge is 0.125 e. The SMILES string of the molecule is COc1ccc(N=Cc2ccc(OC)c(COc3cccc(C)c3C)c2)cc1. The molecule has 0 radical (unpaired) electrons. The lowest BCUT2D eigenvalue weighted by Gasteiger charge is -2.13. The van der Waals surface area contributed by atoms with Gasteiger partial charge in [-0.05, 0) is 79.1 Å². The van der Waals surface area contributed by atoms with E-state index in [9.17, 15) is 0 Å². The highest BCUT2D eigenvalue weighted by atomic mass is 16.5. The summed E-state index contributed by atoms with van der Waals surface area (Å²) in [5.74, 6) is 2.50. The molecule has 0 spiro atoms. The zero-order valence-corrected chi connectivity index (χ0v) is 16.7. The van der Waals surface area contributed by atoms with Gasteiger partial charge >= 0.3 is 0 Å². The van der Waals surface area contributed by atoms with Crippen molar-refractivity contribution in [3.05, 3.63) is 82.9 Å². The van der Waals surface area contributed by atoms with E-state index in [1.807, 2.05) is 60.8 Å². The molecule has 144 valence electrons. The van der Waals surface area contributed by atoms with Crippen LogP contribution in [0.1, 0.15) is 22.3 Å². The molecule has 0 unspecified atom stereocenters. The predicted octanol–water partition coefficient (Wildman–Crippen LogP) is 5.65. The molecule has 0 saturated heterocycles. The van der Waals surface area contributed by atoms with Gasteiger partial charge in [-0.15, -0.1) is 0 Å². The number of ether oxygens (including phenoxy) is 3. The number of rotatable bonds is 7. The molecule has 3 aromatic carbocycles. The fraction of sp³-hybridized carbons (Fsp3) is 0.208. The first-order valence-corrected chi connectivity index (χ1v) is 9.14. The first-order valence-electron chi connectivity index (χ1n) is 9.14. The van der Waals surface area contributed by atoms with Gasteiger partial charge in [0.1, 0.15) is 23.9 Å². The summed E-state index contributed by atoms with van der Waals surface area (Å²) in [6.07, 6.45) is 1.84. The Morgan fingerprint density at radius 3 is 2.36 bits per heavy atom. The molecule has 0 atom stereocenters. The van der Waals surface area contributed by atoms with E-state index in [2.05, 4.69) is 24.9 Å². The second-order valence-electron chi connectivity index (χ2n) is 6.51. The monoisotopic (exact) mass is 375 g/mol. The quantitative estimate of drug-likeness (QED) is 0.501. The summed E-state index contributed by atoms with van der Waals surface area (Å²) in [4.78, 5) is 4.53. The van der Waals surface area contributed by atoms with Crippen LogP contribution in [0.15, 0.2) is 65.7 Å². The maximum absolute atomic E-state index is 6.05. The summed E-state index contributed by atoms with van der Waals surface area (Å²) in [6.45, 7) is 4.58. The van der Waals surface area contributed by atoms with Crippen LogP contribution < -0.4 is 14.2 Å². The Morgan fingerprint density at radius 2 is 1.64 bits per heavy atom. The molecule has 4 heteroatoms. The Kier molecular flexibility index (Phi) is 6.33. The molecular weight excluding hydrogens is 350 g/mol. The van der Waals surface area contributed by atoms with Gasteiger partial charge in [0.15, 0.2) is 0 Å². The van der Waals surface area contributed by atoms with Crippen molar-refractivity contribution in [2.75, 3.05) is 14.2 Å². The highest BCUT2D eigenvalue weighted by Gasteiger charge is 2.07. The number of hydrogen-bond acceptors (Lipinski definition) is 4. The fourth-order valence-electron chi connectivity index (χ4n) is 2.85. The van der Waals surface area contributed by atoms with E-state index in [-0.39, 0.29) is 0 Å². The molecule has 0 aliphatic heterocycles. The van der Waals surface area contributed by atoms with Crippen LogP contribution in [0.5, 0.6) is 17.2 Å². The number of aliphatic imine (C=N–C) groups is 1. The summed E-state index contributed by atoms with van der Waals surface area (Å²) in [5.41, 5.74) is 5.19. The third-order valence-corrected chi connectivity index (χ3v) is 4.68. The van der Waals surface area contributed by atoms with Crippen LogP contribution in [-0.2, 0) is 6.61 Å². The largest absolute Gasteiger partial charge is 0.497 e. The van der Waals surface area contributed by atoms with Crippen molar-refractivity contribution < 1.29 is 14.2 Å². The van der Waals surface area contributed by atoms with Crippen molar-refractivity contribution in [1.29, 1.82) is 0 Å². The van der Waals surface area contributed by atoms with Crippen LogP contribution in [0.3, 0.4) is 0 Å². The minimum Gasteiger partial charge on any atom is -0.497 e. The zero-order valence-electron chi connectivity index (χ0n) is 16.7. The molecule has 0 bridgehead atoms. The molecule has 0 saturated carbocycles. The molecule has 0 amide bonds. The van der Waals surface area contributed by atoms with E-state index in [1.54, 1.807) is 14.2 Å². The first kappa shape index (κ1) is 19.5. The number of aryl methyl sites for hydroxylation is 1. The van der Waals surface area contributed by atoms with Gasteiger partial charge in [-0.25, -0.2) is 0 Å². The highest BCUT2D eigenvalue weighted by Crippen LogP contribution is 2.25. The second-order valence-corrected chi connectivity index (χ2v) is 6.51. The van der Waals surface area contributed by atoms with Gasteiger partial charge < -0.3 is 14.2 Å². The molecule has 4 nitrogen and oxygen atoms in total. The Labute approximate surface area is 166 Å². The Hall–Kier alpha value is -3.27. The maximum atomic E-state index is 6.05. The second kappa shape index (κ2) is 9.09. The summed E-state index contributed by atoms with van der Waals surface area (Å²) in [7, 11) is 3.32. The summed E-state index contributed by atoms with van der Waals surface area (Å²) in [6, 6.07) is 19.7. The maximum Gasteiger partial charge on any atom is 0.125 e. The molecule has 0 fully saturated rings. The van der Waals surface area contributed by atoms with E-state index >= 15 is 0 Å². The van der Waals surface area contributed by atoms with Gasteiger partial charge in [-0.1, -0.05) is 12.1 Å². The third-order valence-electron chi connectivity index (χ3n) is 4.68. The molecular formula is C24H25NO3. The molecule has 0 N–H and O–H groups in total. The highest BCUT2D eigenvalue weighted by molar-refractivity contribution is 5.82. The van der Waals surface area contributed by atoms with E-state index in [0.29, 0.717) is 6.61 Å². The number of nitrogens with zero attached hydrogens (tertiary/aromatic N) is 1. The number of methoxy groups -OCH3 is 2. The van der Waals surface area contributed by atoms with E-state index in [0.717, 1.165) is 39.6 Å². The van der Waals surface area contributed by atoms with E-state index < -0.39 is 0 Å². The lowest BCUT2D eigenvalue weighted by molar-refractivity contribution is 0.294. The minimum absolute atomic E-state index is 0.428. The van der Waals surface area contributed by atoms with E-state index in [4.69, 9.17) is 14.2 Å². The standard InChI is InChI=1S/C24H25NO3/c1-17-6-5-7-23(18(17)2)28-16-20-14-19(8-13-24(20)27-4)15-25-21-9-11-22(26-3)12-10-21/h5-15H,16H2,1-4H3.